The number of likely N-dealkylation sites (tertiary alicyclic amines) is 1. The minimum Gasteiger partial charge on any atom is -0.298 e. The summed E-state index contributed by atoms with van der Waals surface area (Å²) in [6.07, 6.45) is 4.51. The first-order valence-electron chi connectivity index (χ1n) is 6.52. The summed E-state index contributed by atoms with van der Waals surface area (Å²) in [7, 11) is 0. The molecule has 1 aromatic heterocycles. The molecule has 1 aliphatic heterocycles. The smallest absolute Gasteiger partial charge is 0.0705 e. The van der Waals surface area contributed by atoms with Crippen LogP contribution in [-0.4, -0.2) is 27.8 Å². The molecule has 1 fully saturated rings. The molecule has 0 bridgehead atoms. The van der Waals surface area contributed by atoms with Crippen LogP contribution in [0.5, 0.6) is 0 Å². The maximum absolute atomic E-state index is 4.42. The lowest BCUT2D eigenvalue weighted by atomic mass is 10.1. The lowest BCUT2D eigenvalue weighted by Crippen LogP contribution is -2.35. The van der Waals surface area contributed by atoms with Gasteiger partial charge in [-0.2, -0.15) is 0 Å². The van der Waals surface area contributed by atoms with E-state index in [1.165, 1.54) is 30.3 Å². The van der Waals surface area contributed by atoms with E-state index in [4.69, 9.17) is 0 Å². The molecule has 1 unspecified atom stereocenters. The second kappa shape index (κ2) is 5.37. The van der Waals surface area contributed by atoms with E-state index in [0.717, 1.165) is 18.6 Å². The van der Waals surface area contributed by atoms with Crippen LogP contribution in [0.3, 0.4) is 0 Å². The molecule has 0 radical (unpaired) electrons. The Hall–Kier alpha value is -0.930. The van der Waals surface area contributed by atoms with Gasteiger partial charge in [0.05, 0.1) is 5.52 Å². The summed E-state index contributed by atoms with van der Waals surface area (Å²) < 4.78 is 0. The number of nitrogens with zero attached hydrogens (tertiary/aromatic N) is 2. The predicted molar refractivity (Wildman–Crippen MR) is 79.0 cm³/mol. The number of aromatic nitrogens is 1. The third-order valence-electron chi connectivity index (χ3n) is 3.58. The first-order chi connectivity index (χ1) is 8.83. The van der Waals surface area contributed by atoms with E-state index in [0.29, 0.717) is 4.83 Å². The first kappa shape index (κ1) is 12.1. The summed E-state index contributed by atoms with van der Waals surface area (Å²) in [5.41, 5.74) is 2.49. The Bertz CT molecular complexity index is 536. The molecule has 0 N–H and O–H groups in total. The van der Waals surface area contributed by atoms with Gasteiger partial charge in [-0.3, -0.25) is 9.88 Å². The van der Waals surface area contributed by atoms with Crippen molar-refractivity contribution in [3.63, 3.8) is 0 Å². The maximum atomic E-state index is 4.42. The quantitative estimate of drug-likeness (QED) is 0.788. The second-order valence-corrected chi connectivity index (χ2v) is 6.26. The molecule has 3 heteroatoms. The zero-order valence-electron chi connectivity index (χ0n) is 10.3. The van der Waals surface area contributed by atoms with Crippen LogP contribution < -0.4 is 0 Å². The zero-order valence-corrected chi connectivity index (χ0v) is 11.9. The monoisotopic (exact) mass is 304 g/mol. The van der Waals surface area contributed by atoms with Crippen molar-refractivity contribution in [2.75, 3.05) is 13.1 Å². The lowest BCUT2D eigenvalue weighted by Gasteiger charge is -2.30. The van der Waals surface area contributed by atoms with Crippen molar-refractivity contribution < 1.29 is 0 Å². The fourth-order valence-corrected chi connectivity index (χ4v) is 3.41. The number of para-hydroxylation sites is 1. The molecule has 1 aliphatic rings. The van der Waals surface area contributed by atoms with Gasteiger partial charge in [0.25, 0.3) is 0 Å². The average Bonchev–Trinajstić information content (AvgIpc) is 2.39. The van der Waals surface area contributed by atoms with Gasteiger partial charge in [0.1, 0.15) is 0 Å². The Labute approximate surface area is 116 Å². The fourth-order valence-electron chi connectivity index (χ4n) is 2.68. The van der Waals surface area contributed by atoms with Crippen LogP contribution in [-0.2, 0) is 6.54 Å². The van der Waals surface area contributed by atoms with Gasteiger partial charge < -0.3 is 0 Å². The van der Waals surface area contributed by atoms with Gasteiger partial charge in [-0.05, 0) is 37.1 Å². The number of fused-ring (bicyclic) bond motifs is 1. The predicted octanol–water partition coefficient (Wildman–Crippen LogP) is 3.59. The molecule has 1 saturated heterocycles. The third kappa shape index (κ3) is 2.57. The molecule has 0 spiro atoms. The largest absolute Gasteiger partial charge is 0.298 e. The van der Waals surface area contributed by atoms with E-state index in [9.17, 15) is 0 Å². The summed E-state index contributed by atoms with van der Waals surface area (Å²) in [4.78, 5) is 7.61. The highest BCUT2D eigenvalue weighted by atomic mass is 79.9. The molecule has 3 rings (SSSR count). The molecular formula is C15H17BrN2. The van der Waals surface area contributed by atoms with Gasteiger partial charge >= 0.3 is 0 Å². The van der Waals surface area contributed by atoms with Crippen molar-refractivity contribution >= 4 is 26.8 Å². The Morgan fingerprint density at radius 2 is 2.17 bits per heavy atom. The van der Waals surface area contributed by atoms with Crippen LogP contribution in [0.2, 0.25) is 0 Å². The molecule has 1 atom stereocenters. The number of piperidine rings is 1. The normalized spacial score (nSPS) is 21.3. The van der Waals surface area contributed by atoms with Gasteiger partial charge in [0.2, 0.25) is 0 Å². The van der Waals surface area contributed by atoms with E-state index >= 15 is 0 Å². The molecule has 0 saturated carbocycles. The zero-order chi connectivity index (χ0) is 12.4. The van der Waals surface area contributed by atoms with Crippen LogP contribution in [0.25, 0.3) is 10.9 Å². The van der Waals surface area contributed by atoms with Gasteiger partial charge in [0, 0.05) is 29.5 Å². The summed E-state index contributed by atoms with van der Waals surface area (Å²) in [6.45, 7) is 3.39. The summed E-state index contributed by atoms with van der Waals surface area (Å²) in [5, 5.41) is 1.29. The summed E-state index contributed by atoms with van der Waals surface area (Å²) >= 11 is 3.74. The molecule has 94 valence electrons. The maximum Gasteiger partial charge on any atom is 0.0705 e. The van der Waals surface area contributed by atoms with Gasteiger partial charge in [-0.15, -0.1) is 0 Å². The highest BCUT2D eigenvalue weighted by Gasteiger charge is 2.17. The Morgan fingerprint density at radius 3 is 3.06 bits per heavy atom. The van der Waals surface area contributed by atoms with Crippen molar-refractivity contribution in [1.82, 2.24) is 9.88 Å². The Kier molecular flexibility index (Phi) is 3.62. The molecule has 0 amide bonds. The van der Waals surface area contributed by atoms with Crippen molar-refractivity contribution in [2.24, 2.45) is 0 Å². The number of pyridine rings is 1. The first-order valence-corrected chi connectivity index (χ1v) is 7.43. The molecular weight excluding hydrogens is 288 g/mol. The highest BCUT2D eigenvalue weighted by molar-refractivity contribution is 9.09. The van der Waals surface area contributed by atoms with Crippen LogP contribution in [0.15, 0.2) is 36.5 Å². The van der Waals surface area contributed by atoms with Crippen LogP contribution in [0, 0.1) is 0 Å². The molecule has 18 heavy (non-hydrogen) atoms. The van der Waals surface area contributed by atoms with Crippen molar-refractivity contribution in [3.8, 4) is 0 Å². The van der Waals surface area contributed by atoms with E-state index in [1.54, 1.807) is 0 Å². The number of hydrogen-bond donors (Lipinski definition) is 0. The van der Waals surface area contributed by atoms with Gasteiger partial charge in [-0.1, -0.05) is 34.1 Å². The number of rotatable bonds is 2. The van der Waals surface area contributed by atoms with Crippen molar-refractivity contribution in [1.29, 1.82) is 0 Å². The number of hydrogen-bond acceptors (Lipinski definition) is 2. The molecule has 2 aromatic rings. The number of benzene rings is 1. The minimum atomic E-state index is 0.652. The topological polar surface area (TPSA) is 16.1 Å². The van der Waals surface area contributed by atoms with Gasteiger partial charge in [0.15, 0.2) is 0 Å². The van der Waals surface area contributed by atoms with E-state index in [2.05, 4.69) is 56.1 Å². The number of halogens is 1. The fraction of sp³-hybridized carbons (Fsp3) is 0.400. The molecule has 1 aromatic carbocycles. The standard InChI is InChI=1S/C15H17BrN2/c16-13-4-3-9-18(11-13)10-12-7-8-17-15-6-2-1-5-14(12)15/h1-2,5-8,13H,3-4,9-11H2. The van der Waals surface area contributed by atoms with E-state index in [1.807, 2.05) is 6.20 Å². The van der Waals surface area contributed by atoms with Crippen molar-refractivity contribution in [3.05, 3.63) is 42.1 Å². The minimum absolute atomic E-state index is 0.652. The van der Waals surface area contributed by atoms with Gasteiger partial charge in [-0.25, -0.2) is 0 Å². The van der Waals surface area contributed by atoms with E-state index in [-0.39, 0.29) is 0 Å². The van der Waals surface area contributed by atoms with Crippen LogP contribution >= 0.6 is 15.9 Å². The average molecular weight is 305 g/mol. The highest BCUT2D eigenvalue weighted by Crippen LogP contribution is 2.22. The molecule has 0 aliphatic carbocycles. The second-order valence-electron chi connectivity index (χ2n) is 4.96. The van der Waals surface area contributed by atoms with Crippen LogP contribution in [0.4, 0.5) is 0 Å². The lowest BCUT2D eigenvalue weighted by molar-refractivity contribution is 0.228. The third-order valence-corrected chi connectivity index (χ3v) is 4.33. The van der Waals surface area contributed by atoms with E-state index < -0.39 is 0 Å². The molecule has 2 heterocycles. The van der Waals surface area contributed by atoms with Crippen LogP contribution in [0.1, 0.15) is 18.4 Å². The number of alkyl halides is 1. The van der Waals surface area contributed by atoms with Crippen molar-refractivity contribution in [2.45, 2.75) is 24.2 Å². The Balaban J connectivity index is 1.86. The summed E-state index contributed by atoms with van der Waals surface area (Å²) in [6, 6.07) is 10.6. The SMILES string of the molecule is BrC1CCCN(Cc2ccnc3ccccc23)C1. The Morgan fingerprint density at radius 1 is 1.28 bits per heavy atom. The summed E-state index contributed by atoms with van der Waals surface area (Å²) in [5.74, 6) is 0. The molecule has 2 nitrogen and oxygen atoms in total.